The Hall–Kier alpha value is -0.300. The Kier molecular flexibility index (Phi) is 7.74. The third kappa shape index (κ3) is 11.8. The molecule has 0 aromatic heterocycles. The van der Waals surface area contributed by atoms with E-state index in [4.69, 9.17) is 4.74 Å². The average molecular weight is 226 g/mol. The lowest BCUT2D eigenvalue weighted by molar-refractivity contribution is -0.0548. The number of rotatable bonds is 7. The summed E-state index contributed by atoms with van der Waals surface area (Å²) in [5, 5.41) is 0. The van der Waals surface area contributed by atoms with Gasteiger partial charge in [-0.1, -0.05) is 32.4 Å². The van der Waals surface area contributed by atoms with Crippen LogP contribution in [0.2, 0.25) is 0 Å². The third-order valence-electron chi connectivity index (χ3n) is 2.31. The lowest BCUT2D eigenvalue weighted by atomic mass is 10.1. The Morgan fingerprint density at radius 2 is 1.69 bits per heavy atom. The van der Waals surface area contributed by atoms with Crippen molar-refractivity contribution in [2.24, 2.45) is 5.92 Å². The molecule has 1 nitrogen and oxygen atoms in total. The summed E-state index contributed by atoms with van der Waals surface area (Å²) in [5.74, 6) is 0.683. The Labute approximate surface area is 102 Å². The summed E-state index contributed by atoms with van der Waals surface area (Å²) >= 11 is 0. The Bertz CT molecular complexity index is 186. The van der Waals surface area contributed by atoms with Gasteiger partial charge >= 0.3 is 0 Å². The zero-order chi connectivity index (χ0) is 12.6. The summed E-state index contributed by atoms with van der Waals surface area (Å²) in [6.07, 6.45) is 9.90. The minimum atomic E-state index is -0.00301. The number of allylic oxidation sites excluding steroid dienone is 2. The molecule has 0 unspecified atom stereocenters. The van der Waals surface area contributed by atoms with Gasteiger partial charge in [0.2, 0.25) is 0 Å². The molecular weight excluding hydrogens is 196 g/mol. The first kappa shape index (κ1) is 15.7. The van der Waals surface area contributed by atoms with Crippen LogP contribution in [0.15, 0.2) is 12.2 Å². The molecule has 0 spiro atoms. The highest BCUT2D eigenvalue weighted by Crippen LogP contribution is 2.15. The summed E-state index contributed by atoms with van der Waals surface area (Å²) in [5.41, 5.74) is -0.00301. The summed E-state index contributed by atoms with van der Waals surface area (Å²) in [6.45, 7) is 13.0. The minimum absolute atomic E-state index is 0.00301. The average Bonchev–Trinajstić information content (AvgIpc) is 2.07. The van der Waals surface area contributed by atoms with Crippen molar-refractivity contribution in [3.05, 3.63) is 12.2 Å². The van der Waals surface area contributed by atoms with Gasteiger partial charge in [-0.25, -0.2) is 0 Å². The third-order valence-corrected chi connectivity index (χ3v) is 2.31. The van der Waals surface area contributed by atoms with E-state index in [0.29, 0.717) is 12.0 Å². The Morgan fingerprint density at radius 3 is 2.19 bits per heavy atom. The molecule has 1 atom stereocenters. The number of unbranched alkanes of at least 4 members (excludes halogenated alkanes) is 2. The van der Waals surface area contributed by atoms with Gasteiger partial charge in [-0.3, -0.25) is 0 Å². The fourth-order valence-electron chi connectivity index (χ4n) is 1.72. The van der Waals surface area contributed by atoms with Crippen molar-refractivity contribution in [1.29, 1.82) is 0 Å². The molecule has 96 valence electrons. The second-order valence-corrected chi connectivity index (χ2v) is 6.00. The van der Waals surface area contributed by atoms with Crippen LogP contribution in [0.25, 0.3) is 0 Å². The summed E-state index contributed by atoms with van der Waals surface area (Å²) in [4.78, 5) is 0. The first-order valence-electron chi connectivity index (χ1n) is 6.66. The van der Waals surface area contributed by atoms with Gasteiger partial charge in [-0.15, -0.1) is 0 Å². The van der Waals surface area contributed by atoms with Crippen molar-refractivity contribution in [1.82, 2.24) is 0 Å². The highest BCUT2D eigenvalue weighted by atomic mass is 16.5. The first-order chi connectivity index (χ1) is 7.31. The molecule has 1 heteroatoms. The quantitative estimate of drug-likeness (QED) is 0.440. The molecule has 0 aliphatic heterocycles. The van der Waals surface area contributed by atoms with E-state index in [1.165, 1.54) is 25.7 Å². The summed E-state index contributed by atoms with van der Waals surface area (Å²) < 4.78 is 5.86. The molecule has 0 aliphatic rings. The van der Waals surface area contributed by atoms with Crippen LogP contribution in [0, 0.1) is 5.92 Å². The van der Waals surface area contributed by atoms with Crippen LogP contribution in [-0.2, 0) is 4.74 Å². The van der Waals surface area contributed by atoms with Gasteiger partial charge in [0.25, 0.3) is 0 Å². The number of ether oxygens (including phenoxy) is 1. The van der Waals surface area contributed by atoms with Crippen molar-refractivity contribution in [3.8, 4) is 0 Å². The summed E-state index contributed by atoms with van der Waals surface area (Å²) in [7, 11) is 0. The molecule has 0 saturated carbocycles. The molecule has 0 amide bonds. The molecule has 0 radical (unpaired) electrons. The summed E-state index contributed by atoms with van der Waals surface area (Å²) in [6, 6.07) is 0. The van der Waals surface area contributed by atoms with E-state index < -0.39 is 0 Å². The van der Waals surface area contributed by atoms with Crippen LogP contribution in [0.5, 0.6) is 0 Å². The topological polar surface area (TPSA) is 9.23 Å². The monoisotopic (exact) mass is 226 g/mol. The van der Waals surface area contributed by atoms with E-state index in [-0.39, 0.29) is 5.60 Å². The lowest BCUT2D eigenvalue weighted by Gasteiger charge is -2.25. The van der Waals surface area contributed by atoms with Crippen LogP contribution in [0.4, 0.5) is 0 Å². The van der Waals surface area contributed by atoms with Gasteiger partial charge in [0.1, 0.15) is 0 Å². The first-order valence-corrected chi connectivity index (χ1v) is 6.66. The van der Waals surface area contributed by atoms with Crippen molar-refractivity contribution in [2.45, 2.75) is 78.9 Å². The molecule has 0 aromatic rings. The molecular formula is C15H30O. The maximum absolute atomic E-state index is 5.86. The Balaban J connectivity index is 3.45. The second-order valence-electron chi connectivity index (χ2n) is 6.00. The Morgan fingerprint density at radius 1 is 1.06 bits per heavy atom. The van der Waals surface area contributed by atoms with Crippen LogP contribution < -0.4 is 0 Å². The van der Waals surface area contributed by atoms with Gasteiger partial charge in [0, 0.05) is 0 Å². The van der Waals surface area contributed by atoms with Crippen LogP contribution >= 0.6 is 0 Å². The molecule has 0 heterocycles. The van der Waals surface area contributed by atoms with E-state index >= 15 is 0 Å². The zero-order valence-electron chi connectivity index (χ0n) is 12.0. The molecule has 0 bridgehead atoms. The van der Waals surface area contributed by atoms with Gasteiger partial charge in [-0.2, -0.15) is 0 Å². The highest BCUT2D eigenvalue weighted by Gasteiger charge is 2.14. The largest absolute Gasteiger partial charge is 0.373 e. The molecule has 0 N–H and O–H groups in total. The highest BCUT2D eigenvalue weighted by molar-refractivity contribution is 4.84. The van der Waals surface area contributed by atoms with Gasteiger partial charge < -0.3 is 4.74 Å². The molecule has 0 rings (SSSR count). The van der Waals surface area contributed by atoms with E-state index in [2.05, 4.69) is 53.7 Å². The van der Waals surface area contributed by atoms with Crippen molar-refractivity contribution in [3.63, 3.8) is 0 Å². The van der Waals surface area contributed by atoms with Gasteiger partial charge in [0.05, 0.1) is 11.7 Å². The number of hydrogen-bond donors (Lipinski definition) is 0. The van der Waals surface area contributed by atoms with Gasteiger partial charge in [-0.05, 0) is 52.9 Å². The van der Waals surface area contributed by atoms with E-state index in [0.717, 1.165) is 0 Å². The SMILES string of the molecule is CC(C)/C=C/CCCC[C@@H](C)OC(C)(C)C. The standard InChI is InChI=1S/C15H30O/c1-13(2)11-9-7-8-10-12-14(3)16-15(4,5)6/h9,11,13-14H,7-8,10,12H2,1-6H3/b11-9+/t14-/m1/s1. The predicted octanol–water partition coefficient (Wildman–Crippen LogP) is 4.96. The van der Waals surface area contributed by atoms with E-state index in [9.17, 15) is 0 Å². The van der Waals surface area contributed by atoms with Crippen molar-refractivity contribution in [2.75, 3.05) is 0 Å². The van der Waals surface area contributed by atoms with Crippen molar-refractivity contribution < 1.29 is 4.74 Å². The lowest BCUT2D eigenvalue weighted by Crippen LogP contribution is -2.25. The van der Waals surface area contributed by atoms with Crippen LogP contribution in [0.1, 0.15) is 67.2 Å². The smallest absolute Gasteiger partial charge is 0.0602 e. The molecule has 0 fully saturated rings. The van der Waals surface area contributed by atoms with Crippen LogP contribution in [0.3, 0.4) is 0 Å². The molecule has 0 aromatic carbocycles. The van der Waals surface area contributed by atoms with E-state index in [1.807, 2.05) is 0 Å². The van der Waals surface area contributed by atoms with Gasteiger partial charge in [0.15, 0.2) is 0 Å². The molecule has 0 aliphatic carbocycles. The maximum atomic E-state index is 5.86. The van der Waals surface area contributed by atoms with Crippen LogP contribution in [-0.4, -0.2) is 11.7 Å². The predicted molar refractivity (Wildman–Crippen MR) is 72.7 cm³/mol. The fraction of sp³-hybridized carbons (Fsp3) is 0.867. The maximum Gasteiger partial charge on any atom is 0.0602 e. The second kappa shape index (κ2) is 7.89. The molecule has 16 heavy (non-hydrogen) atoms. The fourth-order valence-corrected chi connectivity index (χ4v) is 1.72. The normalized spacial score (nSPS) is 14.9. The van der Waals surface area contributed by atoms with Crippen molar-refractivity contribution >= 4 is 0 Å². The number of hydrogen-bond acceptors (Lipinski definition) is 1. The minimum Gasteiger partial charge on any atom is -0.373 e. The zero-order valence-corrected chi connectivity index (χ0v) is 12.0. The van der Waals surface area contributed by atoms with E-state index in [1.54, 1.807) is 0 Å². The molecule has 0 saturated heterocycles.